The highest BCUT2D eigenvalue weighted by Crippen LogP contribution is 2.17. The van der Waals surface area contributed by atoms with E-state index in [4.69, 9.17) is 12.2 Å². The molecule has 1 heterocycles. The molecule has 2 aromatic carbocycles. The number of aromatic nitrogens is 2. The van der Waals surface area contributed by atoms with Crippen molar-refractivity contribution in [2.24, 2.45) is 9.98 Å². The van der Waals surface area contributed by atoms with Crippen LogP contribution >= 0.6 is 12.2 Å². The zero-order chi connectivity index (χ0) is 20.8. The summed E-state index contributed by atoms with van der Waals surface area (Å²) in [6.07, 6.45) is 3.55. The Morgan fingerprint density at radius 3 is 1.76 bits per heavy atom. The SMILES string of the molecule is CN(C)c1ccc(C=Nc2cc(N=Cc3ccc(N(C)C)cc3)[nH]c(=S)n2)cc1. The second kappa shape index (κ2) is 9.25. The molecule has 0 aliphatic carbocycles. The normalized spacial score (nSPS) is 11.3. The predicted molar refractivity (Wildman–Crippen MR) is 125 cm³/mol. The van der Waals surface area contributed by atoms with Gasteiger partial charge in [0.25, 0.3) is 0 Å². The molecule has 7 heteroatoms. The van der Waals surface area contributed by atoms with Gasteiger partial charge in [-0.1, -0.05) is 24.3 Å². The molecular formula is C22H24N6S. The van der Waals surface area contributed by atoms with Crippen molar-refractivity contribution in [3.8, 4) is 0 Å². The lowest BCUT2D eigenvalue weighted by Crippen LogP contribution is -2.08. The Balaban J connectivity index is 1.76. The predicted octanol–water partition coefficient (Wildman–Crippen LogP) is 4.77. The minimum absolute atomic E-state index is 0.345. The molecule has 0 aliphatic heterocycles. The number of aromatic amines is 1. The second-order valence-corrected chi connectivity index (χ2v) is 7.30. The molecule has 0 aliphatic rings. The van der Waals surface area contributed by atoms with Gasteiger partial charge < -0.3 is 14.8 Å². The number of H-pyrrole nitrogens is 1. The van der Waals surface area contributed by atoms with Crippen molar-refractivity contribution in [1.29, 1.82) is 0 Å². The number of anilines is 2. The molecule has 1 aromatic heterocycles. The number of nitrogens with one attached hydrogen (secondary N) is 1. The molecule has 0 unspecified atom stereocenters. The summed E-state index contributed by atoms with van der Waals surface area (Å²) < 4.78 is 0.345. The number of benzene rings is 2. The van der Waals surface area contributed by atoms with E-state index in [2.05, 4.69) is 29.8 Å². The molecule has 3 aromatic rings. The van der Waals surface area contributed by atoms with Gasteiger partial charge in [0.05, 0.1) is 0 Å². The van der Waals surface area contributed by atoms with Crippen molar-refractivity contribution in [3.05, 3.63) is 70.5 Å². The van der Waals surface area contributed by atoms with Crippen molar-refractivity contribution in [2.75, 3.05) is 38.0 Å². The fourth-order valence-corrected chi connectivity index (χ4v) is 2.77. The van der Waals surface area contributed by atoms with Crippen molar-refractivity contribution >= 4 is 47.7 Å². The van der Waals surface area contributed by atoms with Gasteiger partial charge in [0.1, 0.15) is 5.82 Å². The fourth-order valence-electron chi connectivity index (χ4n) is 2.57. The van der Waals surface area contributed by atoms with Crippen LogP contribution in [0, 0.1) is 4.77 Å². The van der Waals surface area contributed by atoms with Crippen LogP contribution in [0.2, 0.25) is 0 Å². The number of nitrogens with zero attached hydrogens (tertiary/aromatic N) is 5. The molecule has 0 spiro atoms. The van der Waals surface area contributed by atoms with Crippen molar-refractivity contribution < 1.29 is 0 Å². The first-order chi connectivity index (χ1) is 13.9. The highest BCUT2D eigenvalue weighted by Gasteiger charge is 1.99. The smallest absolute Gasteiger partial charge is 0.200 e. The van der Waals surface area contributed by atoms with Crippen LogP contribution < -0.4 is 9.80 Å². The Morgan fingerprint density at radius 1 is 0.793 bits per heavy atom. The molecule has 0 atom stereocenters. The van der Waals surface area contributed by atoms with Crippen molar-refractivity contribution in [1.82, 2.24) is 9.97 Å². The third kappa shape index (κ3) is 5.83. The maximum absolute atomic E-state index is 5.21. The van der Waals surface area contributed by atoms with E-state index < -0.39 is 0 Å². The average Bonchev–Trinajstić information content (AvgIpc) is 2.71. The van der Waals surface area contributed by atoms with E-state index in [1.54, 1.807) is 18.5 Å². The highest BCUT2D eigenvalue weighted by atomic mass is 32.1. The van der Waals surface area contributed by atoms with E-state index >= 15 is 0 Å². The zero-order valence-electron chi connectivity index (χ0n) is 17.0. The number of rotatable bonds is 6. The van der Waals surface area contributed by atoms with E-state index in [0.29, 0.717) is 16.4 Å². The third-order valence-electron chi connectivity index (χ3n) is 4.23. The van der Waals surface area contributed by atoms with Gasteiger partial charge >= 0.3 is 0 Å². The summed E-state index contributed by atoms with van der Waals surface area (Å²) in [5.74, 6) is 1.12. The standard InChI is InChI=1S/C22H24N6S/c1-27(2)18-9-5-16(6-10-18)14-23-20-13-21(26-22(29)25-20)24-15-17-7-11-19(12-8-17)28(3)4/h5-15H,1-4H3,(H,25,26,29). The molecular weight excluding hydrogens is 380 g/mol. The number of hydrogen-bond acceptors (Lipinski definition) is 6. The van der Waals surface area contributed by atoms with Gasteiger partial charge in [0.2, 0.25) is 0 Å². The first-order valence-corrected chi connectivity index (χ1v) is 9.56. The van der Waals surface area contributed by atoms with Crippen LogP contribution in [0.25, 0.3) is 0 Å². The topological polar surface area (TPSA) is 59.9 Å². The molecule has 1 N–H and O–H groups in total. The Labute approximate surface area is 176 Å². The van der Waals surface area contributed by atoms with Crippen LogP contribution in [0.3, 0.4) is 0 Å². The van der Waals surface area contributed by atoms with Gasteiger partial charge in [-0.15, -0.1) is 0 Å². The summed E-state index contributed by atoms with van der Waals surface area (Å²) in [6.45, 7) is 0. The maximum Gasteiger partial charge on any atom is 0.200 e. The molecule has 0 fully saturated rings. The molecule has 0 bridgehead atoms. The molecule has 0 radical (unpaired) electrons. The minimum Gasteiger partial charge on any atom is -0.378 e. The maximum atomic E-state index is 5.21. The molecule has 29 heavy (non-hydrogen) atoms. The summed E-state index contributed by atoms with van der Waals surface area (Å²) in [5.41, 5.74) is 4.26. The zero-order valence-corrected chi connectivity index (χ0v) is 17.8. The van der Waals surface area contributed by atoms with E-state index in [-0.39, 0.29) is 0 Å². The molecule has 0 saturated carbocycles. The first-order valence-electron chi connectivity index (χ1n) is 9.15. The first kappa shape index (κ1) is 20.4. The summed E-state index contributed by atoms with van der Waals surface area (Å²) in [7, 11) is 8.05. The van der Waals surface area contributed by atoms with Gasteiger partial charge in [0.15, 0.2) is 10.6 Å². The Bertz CT molecular complexity index is 981. The van der Waals surface area contributed by atoms with Gasteiger partial charge in [-0.25, -0.2) is 15.0 Å². The molecule has 3 rings (SSSR count). The molecule has 0 saturated heterocycles. The Morgan fingerprint density at radius 2 is 1.28 bits per heavy atom. The van der Waals surface area contributed by atoms with Crippen LogP contribution in [0.5, 0.6) is 0 Å². The van der Waals surface area contributed by atoms with Crippen LogP contribution in [0.1, 0.15) is 11.1 Å². The molecule has 0 amide bonds. The lowest BCUT2D eigenvalue weighted by molar-refractivity contribution is 1.11. The quantitative estimate of drug-likeness (QED) is 0.475. The lowest BCUT2D eigenvalue weighted by atomic mass is 10.2. The van der Waals surface area contributed by atoms with E-state index in [0.717, 1.165) is 22.5 Å². The monoisotopic (exact) mass is 404 g/mol. The second-order valence-electron chi connectivity index (χ2n) is 6.92. The van der Waals surface area contributed by atoms with Gasteiger partial charge in [-0.2, -0.15) is 0 Å². The van der Waals surface area contributed by atoms with Crippen LogP contribution in [0.4, 0.5) is 23.0 Å². The third-order valence-corrected chi connectivity index (χ3v) is 4.43. The van der Waals surface area contributed by atoms with Gasteiger partial charge in [-0.05, 0) is 47.6 Å². The number of aliphatic imine (C=N–C) groups is 2. The van der Waals surface area contributed by atoms with Crippen molar-refractivity contribution in [2.45, 2.75) is 0 Å². The molecule has 6 nitrogen and oxygen atoms in total. The Hall–Kier alpha value is -3.32. The average molecular weight is 405 g/mol. The van der Waals surface area contributed by atoms with Gasteiger partial charge in [-0.3, -0.25) is 0 Å². The summed E-state index contributed by atoms with van der Waals surface area (Å²) in [5, 5.41) is 0. The largest absolute Gasteiger partial charge is 0.378 e. The number of hydrogen-bond donors (Lipinski definition) is 1. The fraction of sp³-hybridized carbons (Fsp3) is 0.182. The van der Waals surface area contributed by atoms with Crippen molar-refractivity contribution in [3.63, 3.8) is 0 Å². The summed E-state index contributed by atoms with van der Waals surface area (Å²) in [6, 6.07) is 18.0. The summed E-state index contributed by atoms with van der Waals surface area (Å²) >= 11 is 5.21. The van der Waals surface area contributed by atoms with E-state index in [9.17, 15) is 0 Å². The highest BCUT2D eigenvalue weighted by molar-refractivity contribution is 7.71. The van der Waals surface area contributed by atoms with E-state index in [1.165, 1.54) is 0 Å². The van der Waals surface area contributed by atoms with Crippen LogP contribution in [-0.2, 0) is 0 Å². The van der Waals surface area contributed by atoms with Crippen LogP contribution in [0.15, 0.2) is 64.6 Å². The van der Waals surface area contributed by atoms with E-state index in [1.807, 2.05) is 76.7 Å². The van der Waals surface area contributed by atoms with Gasteiger partial charge in [0, 0.05) is 58.1 Å². The van der Waals surface area contributed by atoms with Crippen LogP contribution in [-0.4, -0.2) is 50.6 Å². The Kier molecular flexibility index (Phi) is 6.51. The molecule has 148 valence electrons. The minimum atomic E-state index is 0.345. The summed E-state index contributed by atoms with van der Waals surface area (Å²) in [4.78, 5) is 20.3. The lowest BCUT2D eigenvalue weighted by Gasteiger charge is -2.11.